The lowest BCUT2D eigenvalue weighted by Gasteiger charge is -2.23. The molecule has 0 aromatic heterocycles. The smallest absolute Gasteiger partial charge is 0.418 e. The van der Waals surface area contributed by atoms with Crippen molar-refractivity contribution >= 4 is 51.7 Å². The maximum Gasteiger partial charge on any atom is 0.418 e. The Labute approximate surface area is 178 Å². The molecule has 0 saturated carbocycles. The first-order chi connectivity index (χ1) is 14.2. The summed E-state index contributed by atoms with van der Waals surface area (Å²) in [7, 11) is 1.44. The molecule has 0 unspecified atom stereocenters. The van der Waals surface area contributed by atoms with Crippen LogP contribution >= 0.6 is 23.4 Å². The number of hydrogen-bond donors (Lipinski definition) is 2. The van der Waals surface area contributed by atoms with E-state index in [-0.39, 0.29) is 17.3 Å². The Morgan fingerprint density at radius 2 is 2.03 bits per heavy atom. The highest BCUT2D eigenvalue weighted by Gasteiger charge is 2.35. The van der Waals surface area contributed by atoms with Gasteiger partial charge in [0.05, 0.1) is 18.4 Å². The third-order valence-corrected chi connectivity index (χ3v) is 5.33. The number of carbonyl (C=O) groups excluding carboxylic acids is 2. The molecule has 2 amide bonds. The van der Waals surface area contributed by atoms with E-state index in [9.17, 15) is 22.8 Å². The summed E-state index contributed by atoms with van der Waals surface area (Å²) >= 11 is 6.89. The van der Waals surface area contributed by atoms with Gasteiger partial charge < -0.3 is 15.4 Å². The Morgan fingerprint density at radius 3 is 2.73 bits per heavy atom. The zero-order valence-electron chi connectivity index (χ0n) is 15.4. The summed E-state index contributed by atoms with van der Waals surface area (Å²) in [5.74, 6) is -0.831. The Balaban J connectivity index is 1.82. The van der Waals surface area contributed by atoms with E-state index in [2.05, 4.69) is 15.6 Å². The first-order valence-electron chi connectivity index (χ1n) is 8.53. The van der Waals surface area contributed by atoms with E-state index in [0.717, 1.165) is 23.9 Å². The number of halogens is 4. The van der Waals surface area contributed by atoms with Crippen LogP contribution in [0, 0.1) is 0 Å². The van der Waals surface area contributed by atoms with E-state index in [1.807, 2.05) is 0 Å². The molecule has 2 aromatic rings. The lowest BCUT2D eigenvalue weighted by Crippen LogP contribution is -2.42. The van der Waals surface area contributed by atoms with Crippen molar-refractivity contribution in [3.05, 3.63) is 53.1 Å². The molecule has 2 aromatic carbocycles. The molecule has 2 N–H and O–H groups in total. The predicted octanol–water partition coefficient (Wildman–Crippen LogP) is 4.62. The summed E-state index contributed by atoms with van der Waals surface area (Å²) in [4.78, 5) is 28.9. The number of aliphatic imine (C=N–C) groups is 1. The number of anilines is 1. The average molecular weight is 458 g/mol. The van der Waals surface area contributed by atoms with Crippen molar-refractivity contribution in [3.63, 3.8) is 0 Å². The van der Waals surface area contributed by atoms with Crippen molar-refractivity contribution < 1.29 is 27.5 Å². The van der Waals surface area contributed by atoms with Crippen LogP contribution in [-0.2, 0) is 15.8 Å². The molecule has 30 heavy (non-hydrogen) atoms. The average Bonchev–Trinajstić information content (AvgIpc) is 2.67. The van der Waals surface area contributed by atoms with Crippen molar-refractivity contribution in [2.45, 2.75) is 17.8 Å². The molecule has 3 rings (SSSR count). The van der Waals surface area contributed by atoms with Gasteiger partial charge >= 0.3 is 6.18 Å². The molecule has 1 saturated heterocycles. The van der Waals surface area contributed by atoms with Crippen LogP contribution in [-0.4, -0.2) is 29.3 Å². The Kier molecular flexibility index (Phi) is 6.57. The number of methoxy groups -OCH3 is 1. The minimum Gasteiger partial charge on any atom is -0.494 e. The molecule has 1 aliphatic rings. The summed E-state index contributed by atoms with van der Waals surface area (Å²) in [6, 6.07) is 9.34. The molecule has 1 heterocycles. The van der Waals surface area contributed by atoms with Gasteiger partial charge in [0.25, 0.3) is 0 Å². The lowest BCUT2D eigenvalue weighted by atomic mass is 10.1. The number of alkyl halides is 3. The van der Waals surface area contributed by atoms with Crippen molar-refractivity contribution in [1.29, 1.82) is 0 Å². The van der Waals surface area contributed by atoms with Crippen LogP contribution in [0.1, 0.15) is 12.0 Å². The number of rotatable bonds is 4. The monoisotopic (exact) mass is 457 g/mol. The zero-order valence-corrected chi connectivity index (χ0v) is 17.0. The van der Waals surface area contributed by atoms with Gasteiger partial charge in [-0.1, -0.05) is 35.5 Å². The van der Waals surface area contributed by atoms with E-state index in [1.54, 1.807) is 12.1 Å². The molecule has 0 spiro atoms. The Hall–Kier alpha value is -2.72. The molecule has 1 aliphatic heterocycles. The van der Waals surface area contributed by atoms with Crippen LogP contribution in [0.15, 0.2) is 47.5 Å². The predicted molar refractivity (Wildman–Crippen MR) is 109 cm³/mol. The number of ether oxygens (including phenoxy) is 1. The largest absolute Gasteiger partial charge is 0.494 e. The second-order valence-corrected chi connectivity index (χ2v) is 7.75. The summed E-state index contributed by atoms with van der Waals surface area (Å²) in [6.07, 6.45) is -4.84. The van der Waals surface area contributed by atoms with Gasteiger partial charge in [0.15, 0.2) is 5.17 Å². The highest BCUT2D eigenvalue weighted by Crippen LogP contribution is 2.36. The van der Waals surface area contributed by atoms with E-state index in [4.69, 9.17) is 16.3 Å². The van der Waals surface area contributed by atoms with Gasteiger partial charge in [-0.05, 0) is 30.3 Å². The normalized spacial score (nSPS) is 18.1. The fourth-order valence-corrected chi connectivity index (χ4v) is 3.82. The minimum atomic E-state index is -4.63. The second-order valence-electron chi connectivity index (χ2n) is 6.12. The first kappa shape index (κ1) is 22.0. The molecule has 0 radical (unpaired) electrons. The lowest BCUT2D eigenvalue weighted by molar-refractivity contribution is -0.137. The number of thioether (sulfide) groups is 1. The number of carbonyl (C=O) groups is 2. The van der Waals surface area contributed by atoms with Crippen molar-refractivity contribution in [2.75, 3.05) is 12.4 Å². The molecule has 1 atom stereocenters. The van der Waals surface area contributed by atoms with Crippen molar-refractivity contribution in [2.24, 2.45) is 4.99 Å². The first-order valence-corrected chi connectivity index (χ1v) is 9.79. The number of para-hydroxylation sites is 1. The van der Waals surface area contributed by atoms with Gasteiger partial charge in [0.2, 0.25) is 11.8 Å². The van der Waals surface area contributed by atoms with Gasteiger partial charge in [-0.2, -0.15) is 13.2 Å². The van der Waals surface area contributed by atoms with E-state index in [1.165, 1.54) is 25.3 Å². The third kappa shape index (κ3) is 5.25. The standard InChI is InChI=1S/C19H15ClF3N3O3S/c1-29-14-7-6-10(20)8-13(14)25-18-26-16(27)9-15(30-18)17(28)24-12-5-3-2-4-11(12)19(21,22)23/h2-8,15H,9H2,1H3,(H,24,28)(H,25,26,27)/t15-/m0/s1. The highest BCUT2D eigenvalue weighted by atomic mass is 35.5. The van der Waals surface area contributed by atoms with Crippen molar-refractivity contribution in [3.8, 4) is 5.75 Å². The third-order valence-electron chi connectivity index (χ3n) is 4.02. The number of nitrogens with one attached hydrogen (secondary N) is 2. The Morgan fingerprint density at radius 1 is 1.30 bits per heavy atom. The Bertz CT molecular complexity index is 1010. The molecule has 158 valence electrons. The van der Waals surface area contributed by atoms with Crippen LogP contribution in [0.5, 0.6) is 5.75 Å². The maximum absolute atomic E-state index is 13.1. The summed E-state index contributed by atoms with van der Waals surface area (Å²) in [5.41, 5.74) is -1.02. The van der Waals surface area contributed by atoms with E-state index in [0.29, 0.717) is 16.5 Å². The zero-order chi connectivity index (χ0) is 21.9. The number of amidine groups is 1. The van der Waals surface area contributed by atoms with Crippen LogP contribution in [0.2, 0.25) is 5.02 Å². The molecule has 11 heteroatoms. The maximum atomic E-state index is 13.1. The van der Waals surface area contributed by atoms with Gasteiger partial charge in [0, 0.05) is 11.4 Å². The minimum absolute atomic E-state index is 0.107. The molecule has 6 nitrogen and oxygen atoms in total. The summed E-state index contributed by atoms with van der Waals surface area (Å²) in [5, 5.41) is 4.33. The van der Waals surface area contributed by atoms with Gasteiger partial charge in [-0.25, -0.2) is 4.99 Å². The van der Waals surface area contributed by atoms with E-state index < -0.39 is 28.8 Å². The molecule has 0 aliphatic carbocycles. The summed E-state index contributed by atoms with van der Waals surface area (Å²) < 4.78 is 44.6. The second kappa shape index (κ2) is 8.97. The molecular formula is C19H15ClF3N3O3S. The fourth-order valence-electron chi connectivity index (χ4n) is 2.66. The van der Waals surface area contributed by atoms with Gasteiger partial charge in [-0.15, -0.1) is 0 Å². The highest BCUT2D eigenvalue weighted by molar-refractivity contribution is 8.15. The number of hydrogen-bond acceptors (Lipinski definition) is 5. The number of nitrogens with zero attached hydrogens (tertiary/aromatic N) is 1. The van der Waals surface area contributed by atoms with Crippen LogP contribution in [0.3, 0.4) is 0 Å². The summed E-state index contributed by atoms with van der Waals surface area (Å²) in [6.45, 7) is 0. The van der Waals surface area contributed by atoms with Gasteiger partial charge in [0.1, 0.15) is 16.7 Å². The SMILES string of the molecule is COc1ccc(Cl)cc1N=C1NC(=O)C[C@@H](C(=O)Nc2ccccc2C(F)(F)F)S1. The molecule has 1 fully saturated rings. The van der Waals surface area contributed by atoms with Crippen LogP contribution in [0.4, 0.5) is 24.5 Å². The van der Waals surface area contributed by atoms with Crippen LogP contribution in [0.25, 0.3) is 0 Å². The van der Waals surface area contributed by atoms with Crippen molar-refractivity contribution in [1.82, 2.24) is 5.32 Å². The number of benzene rings is 2. The van der Waals surface area contributed by atoms with Gasteiger partial charge in [-0.3, -0.25) is 9.59 Å². The van der Waals surface area contributed by atoms with Crippen LogP contribution < -0.4 is 15.4 Å². The molecular weight excluding hydrogens is 443 g/mol. The number of amides is 2. The quantitative estimate of drug-likeness (QED) is 0.702. The topological polar surface area (TPSA) is 79.8 Å². The van der Waals surface area contributed by atoms with E-state index >= 15 is 0 Å². The molecule has 0 bridgehead atoms. The fraction of sp³-hybridized carbons (Fsp3) is 0.211.